The van der Waals surface area contributed by atoms with Crippen LogP contribution < -0.4 is 0 Å². The molecule has 1 aromatic rings. The molecule has 0 saturated carbocycles. The standard InChI is InChI=1S/C24H38N2O4/c1-7-8-9-13-16-20(25(28)17-19-14-11-10-12-15-19)21-18-29-24(5,6)26(21)22(27)30-23(2,3)4/h10-16,20-21,28H,7-9,17-18H2,1-6H3/b16-13+. The minimum absolute atomic E-state index is 0.320. The Labute approximate surface area is 181 Å². The monoisotopic (exact) mass is 418 g/mol. The summed E-state index contributed by atoms with van der Waals surface area (Å²) in [5.41, 5.74) is -0.444. The molecular weight excluding hydrogens is 380 g/mol. The maximum Gasteiger partial charge on any atom is 0.412 e. The first-order valence-corrected chi connectivity index (χ1v) is 10.9. The van der Waals surface area contributed by atoms with E-state index in [9.17, 15) is 10.0 Å². The zero-order valence-corrected chi connectivity index (χ0v) is 19.3. The van der Waals surface area contributed by atoms with Gasteiger partial charge in [-0.05, 0) is 46.6 Å². The average Bonchev–Trinajstić information content (AvgIpc) is 2.96. The number of rotatable bonds is 8. The summed E-state index contributed by atoms with van der Waals surface area (Å²) < 4.78 is 11.6. The van der Waals surface area contributed by atoms with Crippen LogP contribution in [0.5, 0.6) is 0 Å². The SMILES string of the molecule is CCCC/C=C/C(C1COC(C)(C)N1C(=O)OC(C)(C)C)N(O)Cc1ccccc1. The van der Waals surface area contributed by atoms with Gasteiger partial charge < -0.3 is 14.7 Å². The van der Waals surface area contributed by atoms with E-state index in [0.717, 1.165) is 24.8 Å². The number of hydroxylamine groups is 2. The second-order valence-electron chi connectivity index (χ2n) is 9.32. The zero-order valence-electron chi connectivity index (χ0n) is 19.3. The number of hydrogen-bond donors (Lipinski definition) is 1. The fourth-order valence-corrected chi connectivity index (χ4v) is 3.61. The molecule has 0 radical (unpaired) electrons. The summed E-state index contributed by atoms with van der Waals surface area (Å²) in [6.45, 7) is 12.1. The van der Waals surface area contributed by atoms with Crippen molar-refractivity contribution in [3.8, 4) is 0 Å². The van der Waals surface area contributed by atoms with Gasteiger partial charge in [-0.2, -0.15) is 5.06 Å². The Bertz CT molecular complexity index is 697. The molecule has 1 saturated heterocycles. The molecule has 1 fully saturated rings. The summed E-state index contributed by atoms with van der Waals surface area (Å²) in [5, 5.41) is 12.3. The van der Waals surface area contributed by atoms with Gasteiger partial charge in [0.05, 0.1) is 18.7 Å². The van der Waals surface area contributed by atoms with Crippen LogP contribution in [-0.2, 0) is 16.0 Å². The second kappa shape index (κ2) is 10.4. The fraction of sp³-hybridized carbons (Fsp3) is 0.625. The molecule has 6 nitrogen and oxygen atoms in total. The van der Waals surface area contributed by atoms with Crippen LogP contribution in [0, 0.1) is 0 Å². The molecule has 6 heteroatoms. The summed E-state index contributed by atoms with van der Waals surface area (Å²) >= 11 is 0. The predicted molar refractivity (Wildman–Crippen MR) is 118 cm³/mol. The first-order chi connectivity index (χ1) is 14.0. The highest BCUT2D eigenvalue weighted by Crippen LogP contribution is 2.33. The van der Waals surface area contributed by atoms with Gasteiger partial charge in [-0.15, -0.1) is 0 Å². The molecule has 0 aromatic heterocycles. The molecule has 2 rings (SSSR count). The van der Waals surface area contributed by atoms with E-state index in [4.69, 9.17) is 9.47 Å². The first-order valence-electron chi connectivity index (χ1n) is 10.9. The minimum Gasteiger partial charge on any atom is -0.444 e. The van der Waals surface area contributed by atoms with Crippen molar-refractivity contribution in [2.24, 2.45) is 0 Å². The smallest absolute Gasteiger partial charge is 0.412 e. The number of nitrogens with zero attached hydrogens (tertiary/aromatic N) is 2. The average molecular weight is 419 g/mol. The van der Waals surface area contributed by atoms with Crippen LogP contribution in [0.25, 0.3) is 0 Å². The number of carbonyl (C=O) groups is 1. The Kier molecular flexibility index (Phi) is 8.47. The van der Waals surface area contributed by atoms with E-state index in [1.807, 2.05) is 71.0 Å². The van der Waals surface area contributed by atoms with Crippen molar-refractivity contribution in [1.29, 1.82) is 0 Å². The van der Waals surface area contributed by atoms with E-state index < -0.39 is 23.5 Å². The molecule has 1 aromatic carbocycles. The Morgan fingerprint density at radius 1 is 1.37 bits per heavy atom. The van der Waals surface area contributed by atoms with E-state index in [2.05, 4.69) is 13.0 Å². The van der Waals surface area contributed by atoms with Crippen molar-refractivity contribution in [3.63, 3.8) is 0 Å². The normalized spacial score (nSPS) is 20.1. The number of benzene rings is 1. The second-order valence-corrected chi connectivity index (χ2v) is 9.32. The lowest BCUT2D eigenvalue weighted by atomic mass is 10.0. The molecule has 0 spiro atoms. The van der Waals surface area contributed by atoms with Gasteiger partial charge in [0, 0.05) is 6.54 Å². The van der Waals surface area contributed by atoms with Gasteiger partial charge in [0.1, 0.15) is 11.3 Å². The largest absolute Gasteiger partial charge is 0.444 e. The van der Waals surface area contributed by atoms with Gasteiger partial charge in [-0.25, -0.2) is 4.79 Å². The molecule has 2 unspecified atom stereocenters. The fourth-order valence-electron chi connectivity index (χ4n) is 3.61. The van der Waals surface area contributed by atoms with Crippen LogP contribution >= 0.6 is 0 Å². The highest BCUT2D eigenvalue weighted by molar-refractivity contribution is 5.70. The van der Waals surface area contributed by atoms with E-state index in [1.165, 1.54) is 5.06 Å². The summed E-state index contributed by atoms with van der Waals surface area (Å²) in [6.07, 6.45) is 6.75. The summed E-state index contributed by atoms with van der Waals surface area (Å²) in [6, 6.07) is 9.00. The lowest BCUT2D eigenvalue weighted by Crippen LogP contribution is -2.56. The zero-order chi connectivity index (χ0) is 22.4. The molecule has 0 bridgehead atoms. The quantitative estimate of drug-likeness (QED) is 0.350. The van der Waals surface area contributed by atoms with Crippen LogP contribution in [0.15, 0.2) is 42.5 Å². The topological polar surface area (TPSA) is 62.2 Å². The summed E-state index contributed by atoms with van der Waals surface area (Å²) in [5.74, 6) is 0. The van der Waals surface area contributed by atoms with Crippen molar-refractivity contribution in [2.45, 2.75) is 90.8 Å². The van der Waals surface area contributed by atoms with E-state index in [-0.39, 0.29) is 6.04 Å². The molecule has 1 heterocycles. The van der Waals surface area contributed by atoms with Crippen molar-refractivity contribution < 1.29 is 19.5 Å². The van der Waals surface area contributed by atoms with Gasteiger partial charge in [-0.1, -0.05) is 62.2 Å². The maximum atomic E-state index is 13.0. The van der Waals surface area contributed by atoms with E-state index in [1.54, 1.807) is 4.90 Å². The molecule has 1 aliphatic rings. The maximum absolute atomic E-state index is 13.0. The Hall–Kier alpha value is -1.89. The van der Waals surface area contributed by atoms with Crippen LogP contribution in [0.2, 0.25) is 0 Å². The van der Waals surface area contributed by atoms with Crippen molar-refractivity contribution in [1.82, 2.24) is 9.96 Å². The molecular formula is C24H38N2O4. The van der Waals surface area contributed by atoms with Gasteiger partial charge >= 0.3 is 6.09 Å². The molecule has 30 heavy (non-hydrogen) atoms. The van der Waals surface area contributed by atoms with Crippen LogP contribution in [0.3, 0.4) is 0 Å². The highest BCUT2D eigenvalue weighted by Gasteiger charge is 2.49. The molecule has 1 amide bonds. The third-order valence-corrected chi connectivity index (χ3v) is 5.09. The highest BCUT2D eigenvalue weighted by atomic mass is 16.6. The Balaban J connectivity index is 2.29. The van der Waals surface area contributed by atoms with Crippen molar-refractivity contribution >= 4 is 6.09 Å². The lowest BCUT2D eigenvalue weighted by Gasteiger charge is -2.38. The molecule has 0 aliphatic carbocycles. The minimum atomic E-state index is -0.823. The summed E-state index contributed by atoms with van der Waals surface area (Å²) in [4.78, 5) is 14.7. The number of amides is 1. The van der Waals surface area contributed by atoms with Crippen molar-refractivity contribution in [3.05, 3.63) is 48.0 Å². The predicted octanol–water partition coefficient (Wildman–Crippen LogP) is 5.36. The van der Waals surface area contributed by atoms with Gasteiger partial charge in [0.15, 0.2) is 0 Å². The molecule has 2 atom stereocenters. The lowest BCUT2D eigenvalue weighted by molar-refractivity contribution is -0.138. The third kappa shape index (κ3) is 6.83. The van der Waals surface area contributed by atoms with Gasteiger partial charge in [0.2, 0.25) is 0 Å². The first kappa shape index (κ1) is 24.4. The summed E-state index contributed by atoms with van der Waals surface area (Å²) in [7, 11) is 0. The van der Waals surface area contributed by atoms with Crippen LogP contribution in [-0.4, -0.2) is 51.3 Å². The molecule has 1 N–H and O–H groups in total. The number of allylic oxidation sites excluding steroid dienone is 1. The van der Waals surface area contributed by atoms with Crippen LogP contribution in [0.1, 0.15) is 66.4 Å². The number of hydrogen-bond acceptors (Lipinski definition) is 5. The third-order valence-electron chi connectivity index (χ3n) is 5.09. The molecule has 168 valence electrons. The van der Waals surface area contributed by atoms with E-state index in [0.29, 0.717) is 13.2 Å². The van der Waals surface area contributed by atoms with E-state index >= 15 is 0 Å². The van der Waals surface area contributed by atoms with Gasteiger partial charge in [-0.3, -0.25) is 4.90 Å². The van der Waals surface area contributed by atoms with Gasteiger partial charge in [0.25, 0.3) is 0 Å². The number of unbranched alkanes of at least 4 members (excludes halogenated alkanes) is 2. The number of ether oxygens (including phenoxy) is 2. The Morgan fingerprint density at radius 3 is 2.63 bits per heavy atom. The number of carbonyl (C=O) groups excluding carboxylic acids is 1. The van der Waals surface area contributed by atoms with Crippen LogP contribution in [0.4, 0.5) is 4.79 Å². The Morgan fingerprint density at radius 2 is 2.03 bits per heavy atom. The van der Waals surface area contributed by atoms with Crippen molar-refractivity contribution in [2.75, 3.05) is 6.61 Å². The molecule has 1 aliphatic heterocycles.